The van der Waals surface area contributed by atoms with Crippen molar-refractivity contribution in [2.24, 2.45) is 0 Å². The molecule has 1 aliphatic rings. The number of hydrogen-bond acceptors (Lipinski definition) is 3. The van der Waals surface area contributed by atoms with Gasteiger partial charge < -0.3 is 10.0 Å². The third-order valence-corrected chi connectivity index (χ3v) is 2.76. The van der Waals surface area contributed by atoms with Crippen LogP contribution in [0.25, 0.3) is 0 Å². The van der Waals surface area contributed by atoms with E-state index in [0.29, 0.717) is 32.7 Å². The van der Waals surface area contributed by atoms with E-state index >= 15 is 0 Å². The van der Waals surface area contributed by atoms with Crippen molar-refractivity contribution in [2.75, 3.05) is 39.3 Å². The van der Waals surface area contributed by atoms with Gasteiger partial charge in [0.1, 0.15) is 0 Å². The number of carbonyl (C=O) groups is 1. The monoisotopic (exact) mass is 254 g/mol. The maximum Gasteiger partial charge on any atom is 0.389 e. The Balaban J connectivity index is 2.13. The molecule has 0 aromatic rings. The number of carboxylic acids is 1. The van der Waals surface area contributed by atoms with Crippen LogP contribution in [0.15, 0.2) is 0 Å². The summed E-state index contributed by atoms with van der Waals surface area (Å²) in [5, 5.41) is 8.58. The van der Waals surface area contributed by atoms with E-state index in [2.05, 4.69) is 0 Å². The summed E-state index contributed by atoms with van der Waals surface area (Å²) in [5.74, 6) is -0.865. The topological polar surface area (TPSA) is 43.8 Å². The van der Waals surface area contributed by atoms with Gasteiger partial charge in [-0.3, -0.25) is 9.69 Å². The molecule has 1 rings (SSSR count). The number of alkyl halides is 3. The minimum Gasteiger partial charge on any atom is -0.480 e. The molecule has 0 radical (unpaired) electrons. The van der Waals surface area contributed by atoms with Gasteiger partial charge in [0.25, 0.3) is 0 Å². The molecule has 0 bridgehead atoms. The van der Waals surface area contributed by atoms with Gasteiger partial charge in [0.05, 0.1) is 6.54 Å². The average Bonchev–Trinajstić information content (AvgIpc) is 2.18. The van der Waals surface area contributed by atoms with Crippen LogP contribution in [0.1, 0.15) is 12.8 Å². The van der Waals surface area contributed by atoms with Crippen molar-refractivity contribution >= 4 is 5.97 Å². The predicted octanol–water partition coefficient (Wildman–Crippen LogP) is 1.03. The van der Waals surface area contributed by atoms with Crippen LogP contribution in [0.3, 0.4) is 0 Å². The Labute approximate surface area is 98.0 Å². The van der Waals surface area contributed by atoms with E-state index in [1.807, 2.05) is 4.90 Å². The fraction of sp³-hybridized carbons (Fsp3) is 0.900. The SMILES string of the molecule is O=C(O)CN1CCN(CCCC(F)(F)F)CC1. The molecule has 1 N–H and O–H groups in total. The van der Waals surface area contributed by atoms with E-state index in [1.54, 1.807) is 4.90 Å². The van der Waals surface area contributed by atoms with E-state index in [-0.39, 0.29) is 13.0 Å². The van der Waals surface area contributed by atoms with Gasteiger partial charge in [-0.05, 0) is 13.0 Å². The summed E-state index contributed by atoms with van der Waals surface area (Å²) in [6.07, 6.45) is -4.71. The number of hydrogen-bond donors (Lipinski definition) is 1. The molecule has 0 aromatic carbocycles. The van der Waals surface area contributed by atoms with Gasteiger partial charge in [0, 0.05) is 32.6 Å². The molecule has 7 heteroatoms. The van der Waals surface area contributed by atoms with Crippen LogP contribution in [0.4, 0.5) is 13.2 Å². The van der Waals surface area contributed by atoms with Crippen molar-refractivity contribution in [2.45, 2.75) is 19.0 Å². The molecule has 0 aliphatic carbocycles. The zero-order valence-electron chi connectivity index (χ0n) is 9.54. The Kier molecular flexibility index (Phi) is 5.20. The first-order chi connectivity index (χ1) is 7.87. The molecule has 0 saturated carbocycles. The van der Waals surface area contributed by atoms with E-state index in [1.165, 1.54) is 0 Å². The van der Waals surface area contributed by atoms with Gasteiger partial charge in [0.2, 0.25) is 0 Å². The zero-order valence-corrected chi connectivity index (χ0v) is 9.54. The number of piperazine rings is 1. The lowest BCUT2D eigenvalue weighted by Gasteiger charge is -2.33. The van der Waals surface area contributed by atoms with Gasteiger partial charge in [-0.15, -0.1) is 0 Å². The lowest BCUT2D eigenvalue weighted by molar-refractivity contribution is -0.139. The molecule has 100 valence electrons. The van der Waals surface area contributed by atoms with Crippen LogP contribution in [0, 0.1) is 0 Å². The molecule has 17 heavy (non-hydrogen) atoms. The van der Waals surface area contributed by atoms with Crippen molar-refractivity contribution < 1.29 is 23.1 Å². The van der Waals surface area contributed by atoms with Crippen molar-refractivity contribution in [3.05, 3.63) is 0 Å². The third-order valence-electron chi connectivity index (χ3n) is 2.76. The Morgan fingerprint density at radius 2 is 1.65 bits per heavy atom. The summed E-state index contributed by atoms with van der Waals surface area (Å²) in [4.78, 5) is 14.2. The molecule has 1 aliphatic heterocycles. The highest BCUT2D eigenvalue weighted by Gasteiger charge is 2.27. The quantitative estimate of drug-likeness (QED) is 0.796. The fourth-order valence-corrected chi connectivity index (χ4v) is 1.87. The second-order valence-electron chi connectivity index (χ2n) is 4.23. The van der Waals surface area contributed by atoms with Crippen molar-refractivity contribution in [1.82, 2.24) is 9.80 Å². The molecule has 0 spiro atoms. The number of halogens is 3. The second-order valence-corrected chi connectivity index (χ2v) is 4.23. The number of carboxylic acid groups (broad SMARTS) is 1. The molecule has 0 atom stereocenters. The normalized spacial score (nSPS) is 19.5. The lowest BCUT2D eigenvalue weighted by Crippen LogP contribution is -2.48. The zero-order chi connectivity index (χ0) is 12.9. The molecular formula is C10H17F3N2O2. The van der Waals surface area contributed by atoms with Crippen molar-refractivity contribution in [3.8, 4) is 0 Å². The van der Waals surface area contributed by atoms with Crippen molar-refractivity contribution in [3.63, 3.8) is 0 Å². The summed E-state index contributed by atoms with van der Waals surface area (Å²) in [5.41, 5.74) is 0. The Morgan fingerprint density at radius 3 is 2.12 bits per heavy atom. The lowest BCUT2D eigenvalue weighted by atomic mass is 10.2. The van der Waals surface area contributed by atoms with Crippen LogP contribution in [0.5, 0.6) is 0 Å². The van der Waals surface area contributed by atoms with Gasteiger partial charge in [-0.1, -0.05) is 0 Å². The highest BCUT2D eigenvalue weighted by Crippen LogP contribution is 2.21. The highest BCUT2D eigenvalue weighted by molar-refractivity contribution is 5.69. The number of aliphatic carboxylic acids is 1. The van der Waals surface area contributed by atoms with Gasteiger partial charge >= 0.3 is 12.1 Å². The standard InChI is InChI=1S/C10H17F3N2O2/c11-10(12,13)2-1-3-14-4-6-15(7-5-14)8-9(16)17/h1-8H2,(H,16,17). The first-order valence-corrected chi connectivity index (χ1v) is 5.60. The number of nitrogens with zero attached hydrogens (tertiary/aromatic N) is 2. The predicted molar refractivity (Wildman–Crippen MR) is 55.8 cm³/mol. The maximum absolute atomic E-state index is 11.9. The molecule has 0 aromatic heterocycles. The van der Waals surface area contributed by atoms with Crippen LogP contribution in [-0.4, -0.2) is 66.3 Å². The molecular weight excluding hydrogens is 237 g/mol. The van der Waals surface area contributed by atoms with Crippen LogP contribution < -0.4 is 0 Å². The van der Waals surface area contributed by atoms with Gasteiger partial charge in [-0.2, -0.15) is 13.2 Å². The first-order valence-electron chi connectivity index (χ1n) is 5.60. The smallest absolute Gasteiger partial charge is 0.389 e. The van der Waals surface area contributed by atoms with Crippen LogP contribution in [0.2, 0.25) is 0 Å². The Bertz CT molecular complexity index is 250. The summed E-state index contributed by atoms with van der Waals surface area (Å²) >= 11 is 0. The van der Waals surface area contributed by atoms with E-state index in [0.717, 1.165) is 0 Å². The summed E-state index contributed by atoms with van der Waals surface area (Å²) in [6, 6.07) is 0. The minimum absolute atomic E-state index is 0.0103. The average molecular weight is 254 g/mol. The molecule has 0 amide bonds. The van der Waals surface area contributed by atoms with E-state index in [9.17, 15) is 18.0 Å². The maximum atomic E-state index is 11.9. The molecule has 1 heterocycles. The largest absolute Gasteiger partial charge is 0.480 e. The van der Waals surface area contributed by atoms with Crippen LogP contribution in [-0.2, 0) is 4.79 Å². The fourth-order valence-electron chi connectivity index (χ4n) is 1.87. The van der Waals surface area contributed by atoms with Gasteiger partial charge in [0.15, 0.2) is 0 Å². The van der Waals surface area contributed by atoms with E-state index in [4.69, 9.17) is 5.11 Å². The summed E-state index contributed by atoms with van der Waals surface area (Å²) in [6.45, 7) is 2.95. The third kappa shape index (κ3) is 6.48. The second kappa shape index (κ2) is 6.20. The molecule has 4 nitrogen and oxygen atoms in total. The number of rotatable bonds is 5. The summed E-state index contributed by atoms with van der Waals surface area (Å²) in [7, 11) is 0. The molecule has 0 unspecified atom stereocenters. The highest BCUT2D eigenvalue weighted by atomic mass is 19.4. The van der Waals surface area contributed by atoms with Gasteiger partial charge in [-0.25, -0.2) is 0 Å². The first kappa shape index (κ1) is 14.2. The van der Waals surface area contributed by atoms with E-state index < -0.39 is 18.6 Å². The Hall–Kier alpha value is -0.820. The van der Waals surface area contributed by atoms with Crippen molar-refractivity contribution in [1.29, 1.82) is 0 Å². The Morgan fingerprint density at radius 1 is 1.12 bits per heavy atom. The molecule has 1 fully saturated rings. The van der Waals surface area contributed by atoms with Crippen LogP contribution >= 0.6 is 0 Å². The summed E-state index contributed by atoms with van der Waals surface area (Å²) < 4.78 is 35.8. The minimum atomic E-state index is -4.08. The molecule has 1 saturated heterocycles.